The Hall–Kier alpha value is -3.29. The number of esters is 2. The van der Waals surface area contributed by atoms with E-state index in [-0.39, 0.29) is 47.5 Å². The minimum Gasteiger partial charge on any atom is -0.481 e. The molecule has 3 aromatic carbocycles. The maximum Gasteiger partial charge on any atom is 0.344 e. The van der Waals surface area contributed by atoms with Gasteiger partial charge in [0, 0.05) is 18.1 Å². The van der Waals surface area contributed by atoms with Crippen LogP contribution in [0.15, 0.2) is 87.5 Å². The van der Waals surface area contributed by atoms with Crippen molar-refractivity contribution in [1.82, 2.24) is 0 Å². The van der Waals surface area contributed by atoms with Gasteiger partial charge in [-0.15, -0.1) is 0 Å². The molecule has 4 fully saturated rings. The van der Waals surface area contributed by atoms with Crippen LogP contribution in [0.2, 0.25) is 0 Å². The van der Waals surface area contributed by atoms with Crippen molar-refractivity contribution in [1.29, 1.82) is 0 Å². The summed E-state index contributed by atoms with van der Waals surface area (Å²) in [5.41, 5.74) is 1.42. The van der Waals surface area contributed by atoms with Gasteiger partial charge in [-0.1, -0.05) is 36.4 Å². The molecule has 4 aliphatic rings. The van der Waals surface area contributed by atoms with Crippen molar-refractivity contribution >= 4 is 22.8 Å². The van der Waals surface area contributed by atoms with Crippen LogP contribution in [0.5, 0.6) is 5.75 Å². The number of hydrogen-bond donors (Lipinski definition) is 0. The van der Waals surface area contributed by atoms with E-state index >= 15 is 0 Å². The van der Waals surface area contributed by atoms with E-state index in [1.807, 2.05) is 26.0 Å². The number of rotatable bonds is 7. The smallest absolute Gasteiger partial charge is 0.344 e. The number of ether oxygens (including phenoxy) is 4. The zero-order chi connectivity index (χ0) is 25.3. The minimum absolute atomic E-state index is 0.00496. The van der Waals surface area contributed by atoms with E-state index in [1.165, 1.54) is 14.7 Å². The Morgan fingerprint density at radius 3 is 2.22 bits per heavy atom. The fourth-order valence-corrected chi connectivity index (χ4v) is 8.79. The molecular formula is C30H27O6S+. The number of carbonyl (C=O) groups excluding carboxylic acids is 2. The van der Waals surface area contributed by atoms with E-state index in [0.717, 1.165) is 11.1 Å². The lowest BCUT2D eigenvalue weighted by atomic mass is 9.67. The molecule has 2 aliphatic heterocycles. The number of hydrogen-bond acceptors (Lipinski definition) is 6. The van der Waals surface area contributed by atoms with E-state index in [4.69, 9.17) is 18.9 Å². The molecule has 0 aromatic heterocycles. The van der Waals surface area contributed by atoms with Gasteiger partial charge in [-0.2, -0.15) is 0 Å². The SMILES string of the molecule is Cc1cc([S+](c2ccccc2)c2ccccc2)cc(C)c1OCC(=O)OC1C2OC(=O)C3CC4OC41C32. The minimum atomic E-state index is -0.529. The van der Waals surface area contributed by atoms with Gasteiger partial charge in [0.1, 0.15) is 17.5 Å². The predicted octanol–water partition coefficient (Wildman–Crippen LogP) is 4.40. The van der Waals surface area contributed by atoms with Crippen LogP contribution < -0.4 is 4.74 Å². The van der Waals surface area contributed by atoms with Crippen molar-refractivity contribution in [3.63, 3.8) is 0 Å². The molecule has 6 nitrogen and oxygen atoms in total. The van der Waals surface area contributed by atoms with Crippen LogP contribution in [0.3, 0.4) is 0 Å². The molecule has 3 aromatic rings. The summed E-state index contributed by atoms with van der Waals surface area (Å²) in [6.07, 6.45) is -0.239. The first-order chi connectivity index (χ1) is 18.0. The second-order valence-corrected chi connectivity index (χ2v) is 12.3. The third kappa shape index (κ3) is 3.44. The number of benzene rings is 3. The Balaban J connectivity index is 1.08. The van der Waals surface area contributed by atoms with Crippen LogP contribution in [-0.4, -0.2) is 42.5 Å². The third-order valence-corrected chi connectivity index (χ3v) is 10.3. The van der Waals surface area contributed by atoms with Gasteiger partial charge in [0.05, 0.1) is 22.9 Å². The summed E-state index contributed by atoms with van der Waals surface area (Å²) in [7, 11) is -0.267. The Morgan fingerprint density at radius 1 is 0.973 bits per heavy atom. The molecule has 2 aliphatic carbocycles. The van der Waals surface area contributed by atoms with Gasteiger partial charge in [-0.25, -0.2) is 4.79 Å². The Kier molecular flexibility index (Phi) is 5.17. The van der Waals surface area contributed by atoms with E-state index in [0.29, 0.717) is 12.2 Å². The highest BCUT2D eigenvalue weighted by atomic mass is 32.2. The van der Waals surface area contributed by atoms with Gasteiger partial charge in [0.2, 0.25) is 0 Å². The molecule has 0 amide bonds. The number of carbonyl (C=O) groups is 2. The summed E-state index contributed by atoms with van der Waals surface area (Å²) >= 11 is 0. The summed E-state index contributed by atoms with van der Waals surface area (Å²) in [5.74, 6) is -0.0476. The number of epoxide rings is 1. The molecule has 0 bridgehead atoms. The molecule has 37 heavy (non-hydrogen) atoms. The summed E-state index contributed by atoms with van der Waals surface area (Å²) in [6, 6.07) is 25.3. The molecule has 2 heterocycles. The second kappa shape index (κ2) is 8.36. The Labute approximate surface area is 218 Å². The van der Waals surface area contributed by atoms with Crippen LogP contribution in [0.4, 0.5) is 0 Å². The van der Waals surface area contributed by atoms with Crippen LogP contribution in [0.25, 0.3) is 0 Å². The van der Waals surface area contributed by atoms with Crippen LogP contribution in [-0.2, 0) is 34.7 Å². The summed E-state index contributed by atoms with van der Waals surface area (Å²) in [6.45, 7) is 3.79. The zero-order valence-electron chi connectivity index (χ0n) is 20.6. The molecule has 2 saturated carbocycles. The first-order valence-electron chi connectivity index (χ1n) is 12.6. The molecule has 7 heteroatoms. The molecule has 6 atom stereocenters. The lowest BCUT2D eigenvalue weighted by Crippen LogP contribution is -2.63. The van der Waals surface area contributed by atoms with Gasteiger partial charge >= 0.3 is 11.9 Å². The molecule has 2 saturated heterocycles. The fourth-order valence-electron chi connectivity index (χ4n) is 6.52. The first kappa shape index (κ1) is 22.9. The van der Waals surface area contributed by atoms with Gasteiger partial charge in [-0.05, 0) is 55.7 Å². The predicted molar refractivity (Wildman–Crippen MR) is 135 cm³/mol. The van der Waals surface area contributed by atoms with Gasteiger partial charge < -0.3 is 18.9 Å². The van der Waals surface area contributed by atoms with Crippen molar-refractivity contribution in [3.05, 3.63) is 83.9 Å². The van der Waals surface area contributed by atoms with E-state index < -0.39 is 17.7 Å². The van der Waals surface area contributed by atoms with Gasteiger partial charge in [-0.3, -0.25) is 4.79 Å². The molecule has 1 spiro atoms. The normalized spacial score (nSPS) is 30.2. The standard InChI is InChI=1S/C30H27O6S/c1-17-13-21(37(19-9-5-3-6-10-19)20-11-7-4-8-12-20)14-18(2)26(17)33-16-24(31)34-28-27-25-22(29(32)35-27)15-23-30(25,28)36-23/h3-14,22-23,25,27-28H,15-16H2,1-2H3/q+1. The average molecular weight is 516 g/mol. The molecule has 7 rings (SSSR count). The van der Waals surface area contributed by atoms with Crippen molar-refractivity contribution in [2.24, 2.45) is 11.8 Å². The van der Waals surface area contributed by atoms with E-state index in [2.05, 4.69) is 60.7 Å². The fraction of sp³-hybridized carbons (Fsp3) is 0.333. The van der Waals surface area contributed by atoms with Crippen molar-refractivity contribution in [2.45, 2.75) is 58.9 Å². The maximum atomic E-state index is 12.8. The lowest BCUT2D eigenvalue weighted by Gasteiger charge is -2.43. The highest BCUT2D eigenvalue weighted by Gasteiger charge is 2.88. The highest BCUT2D eigenvalue weighted by Crippen LogP contribution is 2.71. The summed E-state index contributed by atoms with van der Waals surface area (Å²) < 4.78 is 23.0. The largest absolute Gasteiger partial charge is 0.481 e. The summed E-state index contributed by atoms with van der Waals surface area (Å²) in [5, 5.41) is 0. The van der Waals surface area contributed by atoms with Crippen molar-refractivity contribution in [2.75, 3.05) is 6.61 Å². The Bertz CT molecular complexity index is 1330. The molecular weight excluding hydrogens is 488 g/mol. The van der Waals surface area contributed by atoms with E-state index in [1.54, 1.807) is 0 Å². The zero-order valence-corrected chi connectivity index (χ0v) is 21.4. The first-order valence-corrected chi connectivity index (χ1v) is 13.9. The molecule has 0 N–H and O–H groups in total. The second-order valence-electron chi connectivity index (χ2n) is 10.2. The average Bonchev–Trinajstić information content (AvgIpc) is 3.45. The van der Waals surface area contributed by atoms with Crippen molar-refractivity contribution < 1.29 is 28.5 Å². The van der Waals surface area contributed by atoms with Gasteiger partial charge in [0.15, 0.2) is 27.4 Å². The van der Waals surface area contributed by atoms with Crippen LogP contribution >= 0.6 is 0 Å². The quantitative estimate of drug-likeness (QED) is 0.264. The Morgan fingerprint density at radius 2 is 1.59 bits per heavy atom. The van der Waals surface area contributed by atoms with Crippen LogP contribution in [0.1, 0.15) is 17.5 Å². The maximum absolute atomic E-state index is 12.8. The van der Waals surface area contributed by atoms with E-state index in [9.17, 15) is 9.59 Å². The lowest BCUT2D eigenvalue weighted by molar-refractivity contribution is -0.196. The van der Waals surface area contributed by atoms with Crippen molar-refractivity contribution in [3.8, 4) is 5.75 Å². The topological polar surface area (TPSA) is 74.4 Å². The van der Waals surface area contributed by atoms with Crippen LogP contribution in [0, 0.1) is 25.7 Å². The highest BCUT2D eigenvalue weighted by molar-refractivity contribution is 7.97. The third-order valence-electron chi connectivity index (χ3n) is 8.09. The molecule has 0 radical (unpaired) electrons. The summed E-state index contributed by atoms with van der Waals surface area (Å²) in [4.78, 5) is 28.5. The van der Waals surface area contributed by atoms with Gasteiger partial charge in [0.25, 0.3) is 0 Å². The molecule has 6 unspecified atom stereocenters. The number of aryl methyl sites for hydroxylation is 2. The monoisotopic (exact) mass is 515 g/mol. The molecule has 188 valence electrons.